The number of carbonyl (C=O) groups is 1. The number of sulfonamides is 1. The molecule has 0 atom stereocenters. The Labute approximate surface area is 218 Å². The summed E-state index contributed by atoms with van der Waals surface area (Å²) in [5, 5.41) is 14.5. The number of aryl methyl sites for hydroxylation is 1. The second kappa shape index (κ2) is 10.7. The number of hydrogen-bond acceptors (Lipinski definition) is 5. The van der Waals surface area contributed by atoms with Crippen molar-refractivity contribution < 1.29 is 18.3 Å². The highest BCUT2D eigenvalue weighted by Gasteiger charge is 2.28. The lowest BCUT2D eigenvalue weighted by Gasteiger charge is -2.18. The minimum Gasteiger partial charge on any atom is -0.494 e. The van der Waals surface area contributed by atoms with Crippen LogP contribution in [0.2, 0.25) is 0 Å². The van der Waals surface area contributed by atoms with Crippen LogP contribution < -0.4 is 10.0 Å². The monoisotopic (exact) mass is 527 g/mol. The highest BCUT2D eigenvalue weighted by Crippen LogP contribution is 2.41. The van der Waals surface area contributed by atoms with Crippen molar-refractivity contribution in [1.29, 1.82) is 0 Å². The predicted molar refractivity (Wildman–Crippen MR) is 146 cm³/mol. The van der Waals surface area contributed by atoms with Crippen LogP contribution in [0.5, 0.6) is 5.88 Å². The Kier molecular flexibility index (Phi) is 7.82. The molecule has 4 rings (SSSR count). The average molecular weight is 528 g/mol. The number of aromatic hydroxyl groups is 1. The molecular formula is C27H37N5O4S. The summed E-state index contributed by atoms with van der Waals surface area (Å²) in [4.78, 5) is 21.9. The number of hydrogen-bond donors (Lipinski definition) is 5. The van der Waals surface area contributed by atoms with Gasteiger partial charge in [-0.05, 0) is 70.5 Å². The summed E-state index contributed by atoms with van der Waals surface area (Å²) >= 11 is 0. The summed E-state index contributed by atoms with van der Waals surface area (Å²) in [5.41, 5.74) is 5.00. The molecule has 1 aliphatic carbocycles. The zero-order chi connectivity index (χ0) is 26.9. The van der Waals surface area contributed by atoms with Gasteiger partial charge in [-0.25, -0.2) is 13.1 Å². The SMILES string of the molecule is CCN(CC)CCNC(=O)c1c(C)[nH]c2c1CCC=C2c1c(O)[nH]c2ccc(S(=O)(=O)NC(C)C)cc12. The highest BCUT2D eigenvalue weighted by molar-refractivity contribution is 7.89. The Bertz CT molecular complexity index is 1450. The zero-order valence-electron chi connectivity index (χ0n) is 22.2. The van der Waals surface area contributed by atoms with E-state index in [9.17, 15) is 18.3 Å². The minimum atomic E-state index is -3.71. The van der Waals surface area contributed by atoms with Gasteiger partial charge in [0.25, 0.3) is 5.91 Å². The summed E-state index contributed by atoms with van der Waals surface area (Å²) in [6, 6.07) is 4.51. The first-order chi connectivity index (χ1) is 17.6. The molecular weight excluding hydrogens is 490 g/mol. The van der Waals surface area contributed by atoms with Gasteiger partial charge in [0.1, 0.15) is 0 Å². The van der Waals surface area contributed by atoms with Crippen LogP contribution in [0.25, 0.3) is 16.5 Å². The third-order valence-corrected chi connectivity index (χ3v) is 8.52. The average Bonchev–Trinajstić information content (AvgIpc) is 3.35. The fourth-order valence-electron chi connectivity index (χ4n) is 5.08. The normalized spacial score (nSPS) is 13.9. The van der Waals surface area contributed by atoms with E-state index >= 15 is 0 Å². The van der Waals surface area contributed by atoms with Crippen LogP contribution in [0, 0.1) is 6.92 Å². The fraction of sp³-hybridized carbons (Fsp3) is 0.444. The Hall–Kier alpha value is -3.08. The molecule has 2 heterocycles. The number of benzene rings is 1. The number of allylic oxidation sites excluding steroid dienone is 1. The molecule has 2 aromatic heterocycles. The number of aromatic nitrogens is 2. The fourth-order valence-corrected chi connectivity index (χ4v) is 6.36. The van der Waals surface area contributed by atoms with Gasteiger partial charge in [-0.3, -0.25) is 4.79 Å². The lowest BCUT2D eigenvalue weighted by Crippen LogP contribution is -2.35. The maximum Gasteiger partial charge on any atom is 0.253 e. The molecule has 0 spiro atoms. The molecule has 0 saturated heterocycles. The smallest absolute Gasteiger partial charge is 0.253 e. The van der Waals surface area contributed by atoms with Gasteiger partial charge in [-0.1, -0.05) is 19.9 Å². The third kappa shape index (κ3) is 5.32. The van der Waals surface area contributed by atoms with Crippen LogP contribution in [0.3, 0.4) is 0 Å². The highest BCUT2D eigenvalue weighted by atomic mass is 32.2. The zero-order valence-corrected chi connectivity index (χ0v) is 23.0. The van der Waals surface area contributed by atoms with Gasteiger partial charge < -0.3 is 25.3 Å². The summed E-state index contributed by atoms with van der Waals surface area (Å²) in [7, 11) is -3.71. The van der Waals surface area contributed by atoms with Crippen LogP contribution in [0.1, 0.15) is 67.0 Å². The van der Waals surface area contributed by atoms with E-state index in [0.717, 1.165) is 42.2 Å². The topological polar surface area (TPSA) is 130 Å². The Morgan fingerprint density at radius 1 is 1.19 bits per heavy atom. The Morgan fingerprint density at radius 2 is 1.92 bits per heavy atom. The first kappa shape index (κ1) is 27.0. The number of amides is 1. The summed E-state index contributed by atoms with van der Waals surface area (Å²) in [6.45, 7) is 12.8. The lowest BCUT2D eigenvalue weighted by atomic mass is 9.89. The molecule has 0 saturated carbocycles. The first-order valence-corrected chi connectivity index (χ1v) is 14.4. The van der Waals surface area contributed by atoms with Crippen molar-refractivity contribution in [2.75, 3.05) is 26.2 Å². The van der Waals surface area contributed by atoms with Gasteiger partial charge in [-0.15, -0.1) is 0 Å². The number of likely N-dealkylation sites (N-methyl/N-ethyl adjacent to an activating group) is 1. The summed E-state index contributed by atoms with van der Waals surface area (Å²) < 4.78 is 28.2. The number of nitrogens with zero attached hydrogens (tertiary/aromatic N) is 1. The molecule has 0 unspecified atom stereocenters. The second-order valence-corrected chi connectivity index (χ2v) is 11.5. The summed E-state index contributed by atoms with van der Waals surface area (Å²) in [6.07, 6.45) is 3.41. The van der Waals surface area contributed by atoms with Crippen molar-refractivity contribution in [3.63, 3.8) is 0 Å². The maximum atomic E-state index is 13.2. The van der Waals surface area contributed by atoms with Crippen LogP contribution in [0.15, 0.2) is 29.2 Å². The molecule has 0 fully saturated rings. The number of fused-ring (bicyclic) bond motifs is 2. The standard InChI is InChI=1S/C27H37N5O4S/c1-6-32(7-2)14-13-28-26(33)23-17(5)29-25-19(23)9-8-10-20(25)24-21-15-18(37(35,36)31-16(3)4)11-12-22(21)30-27(24)34/h10-12,15-16,29-31,34H,6-9,13-14H2,1-5H3,(H,28,33). The Balaban J connectivity index is 1.71. The number of nitrogens with one attached hydrogen (secondary N) is 4. The molecule has 37 heavy (non-hydrogen) atoms. The molecule has 0 aliphatic heterocycles. The van der Waals surface area contributed by atoms with Crippen molar-refractivity contribution >= 4 is 32.4 Å². The lowest BCUT2D eigenvalue weighted by molar-refractivity contribution is 0.0947. The molecule has 1 aromatic carbocycles. The van der Waals surface area contributed by atoms with E-state index < -0.39 is 10.0 Å². The Morgan fingerprint density at radius 3 is 2.59 bits per heavy atom. The minimum absolute atomic E-state index is 0.0436. The van der Waals surface area contributed by atoms with Crippen LogP contribution in [-0.4, -0.2) is 66.5 Å². The van der Waals surface area contributed by atoms with Gasteiger partial charge in [-0.2, -0.15) is 0 Å². The van der Waals surface area contributed by atoms with Gasteiger partial charge in [0.2, 0.25) is 10.0 Å². The molecule has 3 aromatic rings. The summed E-state index contributed by atoms with van der Waals surface area (Å²) in [5.74, 6) is -0.155. The van der Waals surface area contributed by atoms with E-state index in [2.05, 4.69) is 38.8 Å². The maximum absolute atomic E-state index is 13.2. The second-order valence-electron chi connectivity index (χ2n) is 9.75. The molecule has 200 valence electrons. The number of rotatable bonds is 10. The largest absolute Gasteiger partial charge is 0.494 e. The van der Waals surface area contributed by atoms with E-state index in [1.807, 2.05) is 13.0 Å². The quantitative estimate of drug-likeness (QED) is 0.275. The van der Waals surface area contributed by atoms with E-state index in [-0.39, 0.29) is 22.7 Å². The van der Waals surface area contributed by atoms with Gasteiger partial charge >= 0.3 is 0 Å². The molecule has 9 nitrogen and oxygen atoms in total. The number of aromatic amines is 2. The van der Waals surface area contributed by atoms with Crippen molar-refractivity contribution in [2.45, 2.75) is 58.4 Å². The van der Waals surface area contributed by atoms with Crippen LogP contribution >= 0.6 is 0 Å². The van der Waals surface area contributed by atoms with Crippen molar-refractivity contribution in [3.05, 3.63) is 52.4 Å². The molecule has 1 amide bonds. The number of carbonyl (C=O) groups excluding carboxylic acids is 1. The van der Waals surface area contributed by atoms with E-state index in [4.69, 9.17) is 0 Å². The number of H-pyrrole nitrogens is 2. The third-order valence-electron chi connectivity index (χ3n) is 6.86. The molecule has 5 N–H and O–H groups in total. The van der Waals surface area contributed by atoms with E-state index in [1.165, 1.54) is 6.07 Å². The van der Waals surface area contributed by atoms with E-state index in [1.54, 1.807) is 26.0 Å². The van der Waals surface area contributed by atoms with Gasteiger partial charge in [0, 0.05) is 41.3 Å². The van der Waals surface area contributed by atoms with Crippen LogP contribution in [-0.2, 0) is 16.4 Å². The van der Waals surface area contributed by atoms with Crippen LogP contribution in [0.4, 0.5) is 0 Å². The molecule has 0 radical (unpaired) electrons. The van der Waals surface area contributed by atoms with Gasteiger partial charge in [0.15, 0.2) is 5.88 Å². The van der Waals surface area contributed by atoms with Crippen molar-refractivity contribution in [3.8, 4) is 5.88 Å². The molecule has 1 aliphatic rings. The van der Waals surface area contributed by atoms with E-state index in [0.29, 0.717) is 41.4 Å². The van der Waals surface area contributed by atoms with Gasteiger partial charge in [0.05, 0.1) is 21.7 Å². The van der Waals surface area contributed by atoms with Crippen molar-refractivity contribution in [1.82, 2.24) is 24.9 Å². The first-order valence-electron chi connectivity index (χ1n) is 12.9. The molecule has 0 bridgehead atoms. The molecule has 10 heteroatoms. The predicted octanol–water partition coefficient (Wildman–Crippen LogP) is 3.65. The van der Waals surface area contributed by atoms with Crippen molar-refractivity contribution in [2.24, 2.45) is 0 Å².